The summed E-state index contributed by atoms with van der Waals surface area (Å²) in [6.07, 6.45) is 2.27. The Kier molecular flexibility index (Phi) is 5.70. The van der Waals surface area contributed by atoms with Gasteiger partial charge in [0.2, 0.25) is 0 Å². The summed E-state index contributed by atoms with van der Waals surface area (Å²) in [6, 6.07) is 0.704. The van der Waals surface area contributed by atoms with Crippen LogP contribution >= 0.6 is 0 Å². The first-order valence-corrected chi connectivity index (χ1v) is 4.33. The van der Waals surface area contributed by atoms with E-state index in [9.17, 15) is 0 Å². The first kappa shape index (κ1) is 9.96. The van der Waals surface area contributed by atoms with E-state index in [-0.39, 0.29) is 0 Å². The molecule has 0 aliphatic carbocycles. The third-order valence-corrected chi connectivity index (χ3v) is 2.13. The third-order valence-electron chi connectivity index (χ3n) is 2.13. The van der Waals surface area contributed by atoms with E-state index in [1.54, 1.807) is 0 Å². The van der Waals surface area contributed by atoms with E-state index >= 15 is 0 Å². The molecule has 0 rings (SSSR count). The first-order chi connectivity index (χ1) is 4.79. The molecule has 0 saturated heterocycles. The quantitative estimate of drug-likeness (QED) is 0.569. The van der Waals surface area contributed by atoms with Crippen LogP contribution in [-0.2, 0) is 0 Å². The molecule has 0 heterocycles. The van der Waals surface area contributed by atoms with Gasteiger partial charge in [0, 0.05) is 6.04 Å². The minimum atomic E-state index is 0.704. The number of hydrogen-bond donors (Lipinski definition) is 0. The van der Waals surface area contributed by atoms with Crippen molar-refractivity contribution in [1.82, 2.24) is 4.90 Å². The van der Waals surface area contributed by atoms with E-state index in [0.29, 0.717) is 6.04 Å². The average Bonchev–Trinajstić information content (AvgIpc) is 2.00. The zero-order valence-corrected chi connectivity index (χ0v) is 7.56. The van der Waals surface area contributed by atoms with Crippen molar-refractivity contribution in [3.63, 3.8) is 0 Å². The number of nitrogens with zero attached hydrogens (tertiary/aromatic N) is 1. The lowest BCUT2D eigenvalue weighted by molar-refractivity contribution is 0.212. The molecule has 0 aromatic heterocycles. The molecular weight excluding hydrogens is 122 g/mol. The van der Waals surface area contributed by atoms with Crippen LogP contribution < -0.4 is 0 Å². The van der Waals surface area contributed by atoms with Crippen LogP contribution in [0, 0.1) is 6.92 Å². The fourth-order valence-corrected chi connectivity index (χ4v) is 1.38. The first-order valence-electron chi connectivity index (χ1n) is 4.33. The molecule has 1 heteroatoms. The Hall–Kier alpha value is -0.0400. The molecule has 1 radical (unpaired) electrons. The van der Waals surface area contributed by atoms with Crippen LogP contribution in [0.5, 0.6) is 0 Å². The molecule has 61 valence electrons. The lowest BCUT2D eigenvalue weighted by atomic mass is 10.1. The Morgan fingerprint density at radius 1 is 1.20 bits per heavy atom. The Labute approximate surface area is 65.4 Å². The van der Waals surface area contributed by atoms with Crippen molar-refractivity contribution in [2.75, 3.05) is 13.1 Å². The minimum Gasteiger partial charge on any atom is -0.301 e. The van der Waals surface area contributed by atoms with E-state index < -0.39 is 0 Å². The normalized spacial score (nSPS) is 11.4. The molecule has 0 aliphatic rings. The van der Waals surface area contributed by atoms with Crippen molar-refractivity contribution >= 4 is 0 Å². The SMILES string of the molecule is [CH2]CC(CC)N(CC)CC. The van der Waals surface area contributed by atoms with E-state index in [4.69, 9.17) is 0 Å². The standard InChI is InChI=1S/C9H20N/c1-5-9(6-2)10(7-3)8-4/h9H,1,5-8H2,2-4H3. The third kappa shape index (κ3) is 2.70. The average molecular weight is 142 g/mol. The van der Waals surface area contributed by atoms with Gasteiger partial charge in [-0.2, -0.15) is 0 Å². The summed E-state index contributed by atoms with van der Waals surface area (Å²) in [7, 11) is 0. The van der Waals surface area contributed by atoms with Gasteiger partial charge in [-0.1, -0.05) is 27.7 Å². The summed E-state index contributed by atoms with van der Waals surface area (Å²) in [5, 5.41) is 0. The Balaban J connectivity index is 3.70. The molecule has 0 aromatic carbocycles. The van der Waals surface area contributed by atoms with Gasteiger partial charge in [0.1, 0.15) is 0 Å². The van der Waals surface area contributed by atoms with Gasteiger partial charge >= 0.3 is 0 Å². The van der Waals surface area contributed by atoms with Crippen molar-refractivity contribution in [3.8, 4) is 0 Å². The molecule has 1 nitrogen and oxygen atoms in total. The van der Waals surface area contributed by atoms with E-state index in [1.807, 2.05) is 0 Å². The van der Waals surface area contributed by atoms with Crippen molar-refractivity contribution in [1.29, 1.82) is 0 Å². The molecule has 0 aromatic rings. The maximum atomic E-state index is 3.93. The summed E-state index contributed by atoms with van der Waals surface area (Å²) < 4.78 is 0. The van der Waals surface area contributed by atoms with Crippen LogP contribution in [0.1, 0.15) is 33.6 Å². The topological polar surface area (TPSA) is 3.24 Å². The summed E-state index contributed by atoms with van der Waals surface area (Å²) in [4.78, 5) is 2.47. The number of hydrogen-bond acceptors (Lipinski definition) is 1. The van der Waals surface area contributed by atoms with E-state index in [2.05, 4.69) is 32.6 Å². The number of rotatable bonds is 5. The summed E-state index contributed by atoms with van der Waals surface area (Å²) >= 11 is 0. The fourth-order valence-electron chi connectivity index (χ4n) is 1.38. The van der Waals surface area contributed by atoms with Crippen molar-refractivity contribution < 1.29 is 0 Å². The van der Waals surface area contributed by atoms with Crippen LogP contribution in [0.15, 0.2) is 0 Å². The van der Waals surface area contributed by atoms with Crippen LogP contribution in [0.3, 0.4) is 0 Å². The largest absolute Gasteiger partial charge is 0.301 e. The van der Waals surface area contributed by atoms with Crippen LogP contribution in [0.25, 0.3) is 0 Å². The van der Waals surface area contributed by atoms with Crippen LogP contribution in [0.2, 0.25) is 0 Å². The van der Waals surface area contributed by atoms with Crippen LogP contribution in [0.4, 0.5) is 0 Å². The van der Waals surface area contributed by atoms with Gasteiger partial charge < -0.3 is 4.90 Å². The lowest BCUT2D eigenvalue weighted by Crippen LogP contribution is -2.33. The van der Waals surface area contributed by atoms with E-state index in [0.717, 1.165) is 19.5 Å². The van der Waals surface area contributed by atoms with Crippen molar-refractivity contribution in [2.24, 2.45) is 0 Å². The fraction of sp³-hybridized carbons (Fsp3) is 0.889. The highest BCUT2D eigenvalue weighted by Gasteiger charge is 2.09. The predicted molar refractivity (Wildman–Crippen MR) is 47.0 cm³/mol. The molecule has 0 bridgehead atoms. The summed E-state index contributed by atoms with van der Waals surface area (Å²) in [6.45, 7) is 12.9. The van der Waals surface area contributed by atoms with Gasteiger partial charge in [-0.05, 0) is 25.9 Å². The molecule has 0 amide bonds. The molecular formula is C9H20N. The van der Waals surface area contributed by atoms with Crippen LogP contribution in [-0.4, -0.2) is 24.0 Å². The monoisotopic (exact) mass is 142 g/mol. The minimum absolute atomic E-state index is 0.704. The van der Waals surface area contributed by atoms with Gasteiger partial charge in [-0.25, -0.2) is 0 Å². The Morgan fingerprint density at radius 3 is 1.80 bits per heavy atom. The molecule has 0 fully saturated rings. The molecule has 10 heavy (non-hydrogen) atoms. The van der Waals surface area contributed by atoms with Gasteiger partial charge in [-0.15, -0.1) is 0 Å². The molecule has 0 aliphatic heterocycles. The highest BCUT2D eigenvalue weighted by molar-refractivity contribution is 4.68. The second-order valence-electron chi connectivity index (χ2n) is 2.57. The highest BCUT2D eigenvalue weighted by Crippen LogP contribution is 2.06. The predicted octanol–water partition coefficient (Wildman–Crippen LogP) is 2.33. The van der Waals surface area contributed by atoms with Gasteiger partial charge in [0.15, 0.2) is 0 Å². The van der Waals surface area contributed by atoms with Crippen molar-refractivity contribution in [3.05, 3.63) is 6.92 Å². The smallest absolute Gasteiger partial charge is 0.00924 e. The van der Waals surface area contributed by atoms with E-state index in [1.165, 1.54) is 6.42 Å². The zero-order valence-electron chi connectivity index (χ0n) is 7.56. The molecule has 0 saturated carbocycles. The van der Waals surface area contributed by atoms with Gasteiger partial charge in [0.25, 0.3) is 0 Å². The highest BCUT2D eigenvalue weighted by atomic mass is 15.1. The van der Waals surface area contributed by atoms with Gasteiger partial charge in [0.05, 0.1) is 0 Å². The summed E-state index contributed by atoms with van der Waals surface area (Å²) in [5.41, 5.74) is 0. The molecule has 1 unspecified atom stereocenters. The Morgan fingerprint density at radius 2 is 1.70 bits per heavy atom. The van der Waals surface area contributed by atoms with Crippen molar-refractivity contribution in [2.45, 2.75) is 39.7 Å². The maximum Gasteiger partial charge on any atom is 0.00924 e. The second kappa shape index (κ2) is 5.72. The second-order valence-corrected chi connectivity index (χ2v) is 2.57. The summed E-state index contributed by atoms with van der Waals surface area (Å²) in [5.74, 6) is 0. The lowest BCUT2D eigenvalue weighted by Gasteiger charge is -2.27. The zero-order chi connectivity index (χ0) is 7.98. The maximum absolute atomic E-state index is 3.93. The van der Waals surface area contributed by atoms with Gasteiger partial charge in [-0.3, -0.25) is 0 Å². The molecule has 0 spiro atoms. The molecule has 0 N–H and O–H groups in total. The molecule has 1 atom stereocenters. The Bertz CT molecular complexity index is 53.1.